The monoisotopic (exact) mass is 389 g/mol. The van der Waals surface area contributed by atoms with Gasteiger partial charge in [-0.3, -0.25) is 9.69 Å². The summed E-state index contributed by atoms with van der Waals surface area (Å²) in [5, 5.41) is 6.92. The summed E-state index contributed by atoms with van der Waals surface area (Å²) in [5.74, 6) is 0.313. The largest absolute Gasteiger partial charge is 0.354 e. The molecule has 0 saturated carbocycles. The van der Waals surface area contributed by atoms with Crippen molar-refractivity contribution >= 4 is 29.9 Å². The van der Waals surface area contributed by atoms with Gasteiger partial charge in [0.05, 0.1) is 6.04 Å². The van der Waals surface area contributed by atoms with Gasteiger partial charge < -0.3 is 10.6 Å². The Labute approximate surface area is 159 Å². The van der Waals surface area contributed by atoms with E-state index in [2.05, 4.69) is 15.5 Å². The van der Waals surface area contributed by atoms with Gasteiger partial charge in [0.25, 0.3) is 0 Å². The van der Waals surface area contributed by atoms with E-state index < -0.39 is 0 Å². The van der Waals surface area contributed by atoms with Crippen LogP contribution in [-0.4, -0.2) is 43.0 Å². The Bertz CT molecular complexity index is 581. The van der Waals surface area contributed by atoms with Gasteiger partial charge in [0.1, 0.15) is 5.82 Å². The number of nitrogens with one attached hydrogen (secondary N) is 2. The smallest absolute Gasteiger partial charge is 0.237 e. The number of nitrogens with zero attached hydrogens (tertiary/aromatic N) is 1. The van der Waals surface area contributed by atoms with Crippen LogP contribution in [-0.2, 0) is 11.3 Å². The number of amides is 1. The molecule has 2 heterocycles. The van der Waals surface area contributed by atoms with Gasteiger partial charge in [-0.25, -0.2) is 4.39 Å². The van der Waals surface area contributed by atoms with Crippen molar-refractivity contribution in [1.29, 1.82) is 0 Å². The molecule has 1 aromatic rings. The lowest BCUT2D eigenvalue weighted by Crippen LogP contribution is -2.45. The summed E-state index contributed by atoms with van der Waals surface area (Å²) in [7, 11) is 0. The van der Waals surface area contributed by atoms with E-state index in [1.165, 1.54) is 12.1 Å². The van der Waals surface area contributed by atoms with E-state index in [4.69, 9.17) is 11.6 Å². The normalized spacial score (nSPS) is 23.9. The lowest BCUT2D eigenvalue weighted by Gasteiger charge is -2.33. The molecule has 2 aliphatic heterocycles. The standard InChI is InChI=1S/C18H25ClFN3O.ClH/c19-16-6-5-15(20)9-14(16)12-23-8-2-3-13(11-23)10-22-18(24)17-4-1-7-21-17;/h5-6,9,13,17,21H,1-4,7-8,10-12H2,(H,22,24);1H. The highest BCUT2D eigenvalue weighted by Gasteiger charge is 2.25. The molecule has 1 aromatic carbocycles. The number of carbonyl (C=O) groups excluding carboxylic acids is 1. The van der Waals surface area contributed by atoms with E-state index in [9.17, 15) is 9.18 Å². The Morgan fingerprint density at radius 2 is 2.20 bits per heavy atom. The summed E-state index contributed by atoms with van der Waals surface area (Å²) in [4.78, 5) is 14.4. The van der Waals surface area contributed by atoms with Gasteiger partial charge in [0.15, 0.2) is 0 Å². The number of halogens is 3. The third-order valence-electron chi connectivity index (χ3n) is 4.95. The van der Waals surface area contributed by atoms with Crippen LogP contribution in [0.4, 0.5) is 4.39 Å². The SMILES string of the molecule is Cl.O=C(NCC1CCCN(Cc2cc(F)ccc2Cl)C1)C1CCCN1. The number of hydrogen-bond acceptors (Lipinski definition) is 3. The van der Waals surface area contributed by atoms with Crippen LogP contribution in [0.25, 0.3) is 0 Å². The summed E-state index contributed by atoms with van der Waals surface area (Å²) in [6.45, 7) is 4.20. The van der Waals surface area contributed by atoms with Crippen molar-refractivity contribution in [3.8, 4) is 0 Å². The molecule has 2 fully saturated rings. The van der Waals surface area contributed by atoms with Crippen LogP contribution in [0.1, 0.15) is 31.2 Å². The predicted octanol–water partition coefficient (Wildman–Crippen LogP) is 2.98. The number of rotatable bonds is 5. The lowest BCUT2D eigenvalue weighted by molar-refractivity contribution is -0.123. The van der Waals surface area contributed by atoms with E-state index in [0.29, 0.717) is 24.0 Å². The fourth-order valence-electron chi connectivity index (χ4n) is 3.64. The van der Waals surface area contributed by atoms with Crippen LogP contribution < -0.4 is 10.6 Å². The van der Waals surface area contributed by atoms with Gasteiger partial charge in [-0.15, -0.1) is 12.4 Å². The molecule has 2 atom stereocenters. The highest BCUT2D eigenvalue weighted by Crippen LogP contribution is 2.23. The van der Waals surface area contributed by atoms with Crippen LogP contribution in [0.15, 0.2) is 18.2 Å². The molecule has 140 valence electrons. The van der Waals surface area contributed by atoms with E-state index >= 15 is 0 Å². The average molecular weight is 390 g/mol. The number of piperidine rings is 1. The molecule has 25 heavy (non-hydrogen) atoms. The van der Waals surface area contributed by atoms with Crippen LogP contribution in [0.3, 0.4) is 0 Å². The fourth-order valence-corrected chi connectivity index (χ4v) is 3.82. The molecule has 0 aliphatic carbocycles. The third kappa shape index (κ3) is 5.81. The average Bonchev–Trinajstić information content (AvgIpc) is 3.11. The molecule has 2 aliphatic rings. The van der Waals surface area contributed by atoms with E-state index in [-0.39, 0.29) is 30.2 Å². The predicted molar refractivity (Wildman–Crippen MR) is 101 cm³/mol. The highest BCUT2D eigenvalue weighted by molar-refractivity contribution is 6.31. The van der Waals surface area contributed by atoms with Crippen LogP contribution in [0.5, 0.6) is 0 Å². The summed E-state index contributed by atoms with van der Waals surface area (Å²) < 4.78 is 13.4. The topological polar surface area (TPSA) is 44.4 Å². The quantitative estimate of drug-likeness (QED) is 0.813. The second-order valence-electron chi connectivity index (χ2n) is 6.87. The molecule has 1 amide bonds. The zero-order valence-corrected chi connectivity index (χ0v) is 15.8. The minimum atomic E-state index is -0.251. The van der Waals surface area contributed by atoms with Crippen LogP contribution in [0.2, 0.25) is 5.02 Å². The van der Waals surface area contributed by atoms with Gasteiger partial charge >= 0.3 is 0 Å². The summed E-state index contributed by atoms with van der Waals surface area (Å²) in [5.41, 5.74) is 0.830. The Morgan fingerprint density at radius 1 is 1.36 bits per heavy atom. The fraction of sp³-hybridized carbons (Fsp3) is 0.611. The molecule has 0 radical (unpaired) electrons. The minimum Gasteiger partial charge on any atom is -0.354 e. The zero-order valence-electron chi connectivity index (χ0n) is 14.3. The Balaban J connectivity index is 0.00000225. The zero-order chi connectivity index (χ0) is 16.9. The van der Waals surface area contributed by atoms with Gasteiger partial charge in [0.2, 0.25) is 5.91 Å². The Kier molecular flexibility index (Phi) is 7.94. The van der Waals surface area contributed by atoms with Crippen molar-refractivity contribution in [1.82, 2.24) is 15.5 Å². The second kappa shape index (κ2) is 9.72. The Hall–Kier alpha value is -0.880. The molecular weight excluding hydrogens is 364 g/mol. The molecule has 0 spiro atoms. The number of hydrogen-bond donors (Lipinski definition) is 2. The molecule has 2 saturated heterocycles. The molecular formula is C18H26Cl2FN3O. The Morgan fingerprint density at radius 3 is 2.96 bits per heavy atom. The molecule has 2 N–H and O–H groups in total. The van der Waals surface area contributed by atoms with Crippen LogP contribution in [0, 0.1) is 11.7 Å². The van der Waals surface area contributed by atoms with Gasteiger partial charge in [-0.05, 0) is 68.5 Å². The molecule has 4 nitrogen and oxygen atoms in total. The maximum absolute atomic E-state index is 13.4. The van der Waals surface area contributed by atoms with Crippen molar-refractivity contribution in [3.63, 3.8) is 0 Å². The molecule has 2 unspecified atom stereocenters. The first kappa shape index (κ1) is 20.4. The van der Waals surface area contributed by atoms with Crippen molar-refractivity contribution in [2.75, 3.05) is 26.2 Å². The van der Waals surface area contributed by atoms with E-state index in [1.807, 2.05) is 0 Å². The van der Waals surface area contributed by atoms with Gasteiger partial charge in [0, 0.05) is 24.7 Å². The first-order valence-electron chi connectivity index (χ1n) is 8.79. The minimum absolute atomic E-state index is 0. The van der Waals surface area contributed by atoms with Gasteiger partial charge in [-0.1, -0.05) is 11.6 Å². The maximum atomic E-state index is 13.4. The van der Waals surface area contributed by atoms with Gasteiger partial charge in [-0.2, -0.15) is 0 Å². The second-order valence-corrected chi connectivity index (χ2v) is 7.28. The highest BCUT2D eigenvalue weighted by atomic mass is 35.5. The molecule has 0 aromatic heterocycles. The number of carbonyl (C=O) groups is 1. The lowest BCUT2D eigenvalue weighted by atomic mass is 9.97. The van der Waals surface area contributed by atoms with Crippen molar-refractivity contribution < 1.29 is 9.18 Å². The van der Waals surface area contributed by atoms with Crippen LogP contribution >= 0.6 is 24.0 Å². The van der Waals surface area contributed by atoms with Crippen molar-refractivity contribution in [3.05, 3.63) is 34.6 Å². The summed E-state index contributed by atoms with van der Waals surface area (Å²) in [6, 6.07) is 4.50. The maximum Gasteiger partial charge on any atom is 0.237 e. The molecule has 3 rings (SSSR count). The third-order valence-corrected chi connectivity index (χ3v) is 5.32. The number of likely N-dealkylation sites (tertiary alicyclic amines) is 1. The molecule has 7 heteroatoms. The molecule has 0 bridgehead atoms. The van der Waals surface area contributed by atoms with E-state index in [1.54, 1.807) is 6.07 Å². The van der Waals surface area contributed by atoms with E-state index in [0.717, 1.165) is 50.9 Å². The number of benzene rings is 1. The first-order chi connectivity index (χ1) is 11.6. The summed E-state index contributed by atoms with van der Waals surface area (Å²) in [6.07, 6.45) is 4.21. The van der Waals surface area contributed by atoms with Crippen molar-refractivity contribution in [2.45, 2.75) is 38.3 Å². The first-order valence-corrected chi connectivity index (χ1v) is 9.17. The van der Waals surface area contributed by atoms with Crippen molar-refractivity contribution in [2.24, 2.45) is 5.92 Å². The summed E-state index contributed by atoms with van der Waals surface area (Å²) >= 11 is 6.17.